The standard InChI is InChI=1S/C23H23N3O2S/c1-15-7-2-3-8-16(15)14-25-22(28)20-18-10-4-5-11-19(18)29-23(20)26-21(27)17-9-6-12-24-13-17/h2-3,6-9,12-13H,4-5,10-11,14H2,1H3,(H,25,28)(H,26,27). The first-order chi connectivity index (χ1) is 14.1. The lowest BCUT2D eigenvalue weighted by molar-refractivity contribution is 0.0951. The van der Waals surface area contributed by atoms with Crippen molar-refractivity contribution in [3.63, 3.8) is 0 Å². The fourth-order valence-electron chi connectivity index (χ4n) is 3.64. The molecule has 0 radical (unpaired) electrons. The molecule has 3 aromatic rings. The molecule has 0 spiro atoms. The smallest absolute Gasteiger partial charge is 0.257 e. The molecule has 0 saturated heterocycles. The number of anilines is 1. The SMILES string of the molecule is Cc1ccccc1CNC(=O)c1c(NC(=O)c2cccnc2)sc2c1CCCC2. The minimum absolute atomic E-state index is 0.130. The van der Waals surface area contributed by atoms with Crippen molar-refractivity contribution in [1.29, 1.82) is 0 Å². The molecule has 29 heavy (non-hydrogen) atoms. The van der Waals surface area contributed by atoms with E-state index in [0.717, 1.165) is 42.4 Å². The highest BCUT2D eigenvalue weighted by atomic mass is 32.1. The molecular formula is C23H23N3O2S. The summed E-state index contributed by atoms with van der Waals surface area (Å²) in [7, 11) is 0. The highest BCUT2D eigenvalue weighted by Gasteiger charge is 2.26. The molecular weight excluding hydrogens is 382 g/mol. The normalized spacial score (nSPS) is 12.9. The van der Waals surface area contributed by atoms with Crippen molar-refractivity contribution in [2.75, 3.05) is 5.32 Å². The Morgan fingerprint density at radius 2 is 1.90 bits per heavy atom. The third-order valence-corrected chi connectivity index (χ3v) is 6.46. The van der Waals surface area contributed by atoms with Crippen molar-refractivity contribution in [1.82, 2.24) is 10.3 Å². The number of benzene rings is 1. The summed E-state index contributed by atoms with van der Waals surface area (Å²) < 4.78 is 0. The first kappa shape index (κ1) is 19.3. The van der Waals surface area contributed by atoms with Crippen molar-refractivity contribution < 1.29 is 9.59 Å². The molecule has 0 saturated carbocycles. The summed E-state index contributed by atoms with van der Waals surface area (Å²) in [5.74, 6) is -0.376. The van der Waals surface area contributed by atoms with E-state index in [1.165, 1.54) is 22.4 Å². The van der Waals surface area contributed by atoms with Crippen LogP contribution in [-0.4, -0.2) is 16.8 Å². The molecule has 0 fully saturated rings. The van der Waals surface area contributed by atoms with Crippen molar-refractivity contribution in [2.24, 2.45) is 0 Å². The topological polar surface area (TPSA) is 71.1 Å². The quantitative estimate of drug-likeness (QED) is 0.656. The summed E-state index contributed by atoms with van der Waals surface area (Å²) >= 11 is 1.52. The lowest BCUT2D eigenvalue weighted by Crippen LogP contribution is -2.25. The number of amides is 2. The van der Waals surface area contributed by atoms with Crippen LogP contribution in [0, 0.1) is 6.92 Å². The van der Waals surface area contributed by atoms with E-state index < -0.39 is 0 Å². The van der Waals surface area contributed by atoms with E-state index in [1.807, 2.05) is 31.2 Å². The predicted octanol–water partition coefficient (Wildman–Crippen LogP) is 4.51. The Bertz CT molecular complexity index is 1040. The summed E-state index contributed by atoms with van der Waals surface area (Å²) in [6.07, 6.45) is 7.18. The van der Waals surface area contributed by atoms with Crippen LogP contribution in [0.1, 0.15) is 55.1 Å². The first-order valence-electron chi connectivity index (χ1n) is 9.82. The van der Waals surface area contributed by atoms with Crippen LogP contribution < -0.4 is 10.6 Å². The molecule has 0 atom stereocenters. The Hall–Kier alpha value is -2.99. The number of hydrogen-bond donors (Lipinski definition) is 2. The maximum atomic E-state index is 13.1. The summed E-state index contributed by atoms with van der Waals surface area (Å²) in [4.78, 5) is 31.0. The summed E-state index contributed by atoms with van der Waals surface area (Å²) in [5.41, 5.74) is 4.42. The molecule has 4 rings (SSSR count). The van der Waals surface area contributed by atoms with E-state index in [4.69, 9.17) is 0 Å². The van der Waals surface area contributed by atoms with Crippen LogP contribution in [0.15, 0.2) is 48.8 Å². The lowest BCUT2D eigenvalue weighted by atomic mass is 9.95. The monoisotopic (exact) mass is 405 g/mol. The van der Waals surface area contributed by atoms with Gasteiger partial charge < -0.3 is 10.6 Å². The number of pyridine rings is 1. The van der Waals surface area contributed by atoms with E-state index >= 15 is 0 Å². The molecule has 2 amide bonds. The molecule has 1 aliphatic rings. The number of hydrogen-bond acceptors (Lipinski definition) is 4. The second kappa shape index (κ2) is 8.57. The number of carbonyl (C=O) groups excluding carboxylic acids is 2. The van der Waals surface area contributed by atoms with Crippen LogP contribution in [0.3, 0.4) is 0 Å². The highest BCUT2D eigenvalue weighted by Crippen LogP contribution is 2.38. The third kappa shape index (κ3) is 4.22. The number of thiophene rings is 1. The Kier molecular flexibility index (Phi) is 5.71. The van der Waals surface area contributed by atoms with Crippen molar-refractivity contribution in [3.05, 3.63) is 81.5 Å². The molecule has 1 aliphatic carbocycles. The van der Waals surface area contributed by atoms with Gasteiger partial charge >= 0.3 is 0 Å². The number of nitrogens with one attached hydrogen (secondary N) is 2. The number of rotatable bonds is 5. The molecule has 2 heterocycles. The van der Waals surface area contributed by atoms with Gasteiger partial charge in [-0.2, -0.15) is 0 Å². The van der Waals surface area contributed by atoms with Gasteiger partial charge in [-0.15, -0.1) is 11.3 Å². The molecule has 2 N–H and O–H groups in total. The van der Waals surface area contributed by atoms with Gasteiger partial charge in [-0.05, 0) is 61.4 Å². The Balaban J connectivity index is 1.59. The van der Waals surface area contributed by atoms with Crippen LogP contribution in [-0.2, 0) is 19.4 Å². The zero-order valence-electron chi connectivity index (χ0n) is 16.3. The molecule has 6 heteroatoms. The van der Waals surface area contributed by atoms with Gasteiger partial charge in [0.1, 0.15) is 5.00 Å². The lowest BCUT2D eigenvalue weighted by Gasteiger charge is -2.14. The van der Waals surface area contributed by atoms with Gasteiger partial charge in [-0.1, -0.05) is 24.3 Å². The minimum atomic E-state index is -0.246. The number of carbonyl (C=O) groups is 2. The second-order valence-electron chi connectivity index (χ2n) is 7.22. The van der Waals surface area contributed by atoms with E-state index in [2.05, 4.69) is 15.6 Å². The Morgan fingerprint density at radius 3 is 2.69 bits per heavy atom. The Labute approximate surface area is 174 Å². The van der Waals surface area contributed by atoms with Gasteiger partial charge in [0.05, 0.1) is 11.1 Å². The maximum Gasteiger partial charge on any atom is 0.257 e. The van der Waals surface area contributed by atoms with Gasteiger partial charge in [0.25, 0.3) is 11.8 Å². The number of aryl methyl sites for hydroxylation is 2. The summed E-state index contributed by atoms with van der Waals surface area (Å²) in [5, 5.41) is 6.64. The van der Waals surface area contributed by atoms with E-state index in [1.54, 1.807) is 18.3 Å². The van der Waals surface area contributed by atoms with Crippen LogP contribution in [0.5, 0.6) is 0 Å². The van der Waals surface area contributed by atoms with Gasteiger partial charge in [-0.25, -0.2) is 0 Å². The average molecular weight is 406 g/mol. The maximum absolute atomic E-state index is 13.1. The van der Waals surface area contributed by atoms with Crippen molar-refractivity contribution >= 4 is 28.2 Å². The number of fused-ring (bicyclic) bond motifs is 1. The molecule has 5 nitrogen and oxygen atoms in total. The molecule has 0 unspecified atom stereocenters. The van der Waals surface area contributed by atoms with Crippen LogP contribution in [0.25, 0.3) is 0 Å². The molecule has 2 aromatic heterocycles. The number of nitrogens with zero attached hydrogens (tertiary/aromatic N) is 1. The average Bonchev–Trinajstić information content (AvgIpc) is 3.11. The third-order valence-electron chi connectivity index (χ3n) is 5.25. The molecule has 0 aliphatic heterocycles. The largest absolute Gasteiger partial charge is 0.348 e. The van der Waals surface area contributed by atoms with Crippen LogP contribution in [0.2, 0.25) is 0 Å². The summed E-state index contributed by atoms with van der Waals surface area (Å²) in [6, 6.07) is 11.5. The zero-order chi connectivity index (χ0) is 20.2. The van der Waals surface area contributed by atoms with Crippen molar-refractivity contribution in [2.45, 2.75) is 39.2 Å². The van der Waals surface area contributed by atoms with Gasteiger partial charge in [0.15, 0.2) is 0 Å². The highest BCUT2D eigenvalue weighted by molar-refractivity contribution is 7.17. The molecule has 148 valence electrons. The zero-order valence-corrected chi connectivity index (χ0v) is 17.1. The first-order valence-corrected chi connectivity index (χ1v) is 10.6. The number of aromatic nitrogens is 1. The minimum Gasteiger partial charge on any atom is -0.348 e. The van der Waals surface area contributed by atoms with Crippen LogP contribution in [0.4, 0.5) is 5.00 Å². The molecule has 0 bridgehead atoms. The van der Waals surface area contributed by atoms with Gasteiger partial charge in [0.2, 0.25) is 0 Å². The van der Waals surface area contributed by atoms with Crippen molar-refractivity contribution in [3.8, 4) is 0 Å². The van der Waals surface area contributed by atoms with Gasteiger partial charge in [0, 0.05) is 23.8 Å². The summed E-state index contributed by atoms with van der Waals surface area (Å²) in [6.45, 7) is 2.50. The second-order valence-corrected chi connectivity index (χ2v) is 8.33. The fraction of sp³-hybridized carbons (Fsp3) is 0.261. The predicted molar refractivity (Wildman–Crippen MR) is 116 cm³/mol. The molecule has 1 aromatic carbocycles. The van der Waals surface area contributed by atoms with Crippen LogP contribution >= 0.6 is 11.3 Å². The van der Waals surface area contributed by atoms with E-state index in [-0.39, 0.29) is 11.8 Å². The Morgan fingerprint density at radius 1 is 1.07 bits per heavy atom. The fourth-order valence-corrected chi connectivity index (χ4v) is 4.92. The van der Waals surface area contributed by atoms with E-state index in [0.29, 0.717) is 22.7 Å². The van der Waals surface area contributed by atoms with E-state index in [9.17, 15) is 9.59 Å². The van der Waals surface area contributed by atoms with Gasteiger partial charge in [-0.3, -0.25) is 14.6 Å².